The van der Waals surface area contributed by atoms with E-state index in [9.17, 15) is 12.8 Å². The summed E-state index contributed by atoms with van der Waals surface area (Å²) in [5.41, 5.74) is 0.167. The predicted octanol–water partition coefficient (Wildman–Crippen LogP) is 0.697. The molecule has 13 heavy (non-hydrogen) atoms. The number of pyridine rings is 1. The van der Waals surface area contributed by atoms with Crippen LogP contribution in [0.15, 0.2) is 18.5 Å². The van der Waals surface area contributed by atoms with Crippen LogP contribution < -0.4 is 0 Å². The van der Waals surface area contributed by atoms with Gasteiger partial charge in [-0.3, -0.25) is 9.17 Å². The average molecular weight is 205 g/mol. The summed E-state index contributed by atoms with van der Waals surface area (Å²) in [7, 11) is -3.53. The van der Waals surface area contributed by atoms with Gasteiger partial charge in [0.2, 0.25) is 0 Å². The number of aromatic nitrogens is 1. The van der Waals surface area contributed by atoms with Crippen molar-refractivity contribution < 1.29 is 17.0 Å². The largest absolute Gasteiger partial charge is 0.265 e. The Morgan fingerprint density at radius 2 is 2.31 bits per heavy atom. The second-order valence-electron chi connectivity index (χ2n) is 2.43. The van der Waals surface area contributed by atoms with Crippen LogP contribution in [0.5, 0.6) is 0 Å². The molecule has 0 aliphatic carbocycles. The topological polar surface area (TPSA) is 56.3 Å². The molecule has 0 aromatic carbocycles. The predicted molar refractivity (Wildman–Crippen MR) is 43.8 cm³/mol. The minimum Gasteiger partial charge on any atom is -0.265 e. The zero-order valence-corrected chi connectivity index (χ0v) is 7.71. The lowest BCUT2D eigenvalue weighted by molar-refractivity contribution is 0.305. The van der Waals surface area contributed by atoms with Crippen molar-refractivity contribution in [3.8, 4) is 0 Å². The SMILES string of the molecule is CS(=O)(=O)OCc1ccncc1F. The minimum atomic E-state index is -3.53. The standard InChI is InChI=1S/C7H8FNO3S/c1-13(10,11)12-5-6-2-3-9-4-7(6)8/h2-4H,5H2,1H3. The van der Waals surface area contributed by atoms with E-state index in [1.165, 1.54) is 12.3 Å². The number of hydrogen-bond acceptors (Lipinski definition) is 4. The zero-order chi connectivity index (χ0) is 9.90. The van der Waals surface area contributed by atoms with E-state index in [0.717, 1.165) is 12.5 Å². The number of nitrogens with zero attached hydrogens (tertiary/aromatic N) is 1. The summed E-state index contributed by atoms with van der Waals surface area (Å²) in [6.07, 6.45) is 3.27. The maximum atomic E-state index is 12.8. The quantitative estimate of drug-likeness (QED) is 0.681. The molecule has 0 spiro atoms. The molecule has 1 aromatic rings. The molecule has 0 saturated carbocycles. The molecular formula is C7H8FNO3S. The van der Waals surface area contributed by atoms with Crippen LogP contribution in [-0.2, 0) is 20.9 Å². The van der Waals surface area contributed by atoms with Crippen LogP contribution in [-0.4, -0.2) is 19.7 Å². The molecule has 0 atom stereocenters. The van der Waals surface area contributed by atoms with Gasteiger partial charge in [0.1, 0.15) is 5.82 Å². The second-order valence-corrected chi connectivity index (χ2v) is 4.08. The van der Waals surface area contributed by atoms with Gasteiger partial charge in [0.05, 0.1) is 19.1 Å². The fourth-order valence-corrected chi connectivity index (χ4v) is 1.03. The van der Waals surface area contributed by atoms with Crippen molar-refractivity contribution in [1.29, 1.82) is 0 Å². The minimum absolute atomic E-state index is 0.167. The molecule has 6 heteroatoms. The van der Waals surface area contributed by atoms with E-state index >= 15 is 0 Å². The van der Waals surface area contributed by atoms with Crippen molar-refractivity contribution in [3.05, 3.63) is 29.8 Å². The summed E-state index contributed by atoms with van der Waals surface area (Å²) >= 11 is 0. The smallest absolute Gasteiger partial charge is 0.264 e. The van der Waals surface area contributed by atoms with Crippen molar-refractivity contribution in [2.24, 2.45) is 0 Å². The van der Waals surface area contributed by atoms with E-state index in [2.05, 4.69) is 9.17 Å². The van der Waals surface area contributed by atoms with Gasteiger partial charge in [0.15, 0.2) is 0 Å². The highest BCUT2D eigenvalue weighted by Gasteiger charge is 2.05. The van der Waals surface area contributed by atoms with Crippen molar-refractivity contribution in [3.63, 3.8) is 0 Å². The van der Waals surface area contributed by atoms with Crippen molar-refractivity contribution in [2.45, 2.75) is 6.61 Å². The maximum Gasteiger partial charge on any atom is 0.264 e. The average Bonchev–Trinajstić information content (AvgIpc) is 2.01. The molecule has 1 heterocycles. The second kappa shape index (κ2) is 3.80. The van der Waals surface area contributed by atoms with Gasteiger partial charge in [-0.05, 0) is 6.07 Å². The van der Waals surface area contributed by atoms with Crippen LogP contribution in [0.2, 0.25) is 0 Å². The number of halogens is 1. The van der Waals surface area contributed by atoms with E-state index in [0.29, 0.717) is 0 Å². The van der Waals surface area contributed by atoms with Crippen LogP contribution in [0.3, 0.4) is 0 Å². The molecule has 1 rings (SSSR count). The molecule has 0 unspecified atom stereocenters. The maximum absolute atomic E-state index is 12.8. The van der Waals surface area contributed by atoms with Gasteiger partial charge in [-0.2, -0.15) is 8.42 Å². The Bertz CT molecular complexity index is 390. The molecule has 0 fully saturated rings. The lowest BCUT2D eigenvalue weighted by Gasteiger charge is -2.01. The van der Waals surface area contributed by atoms with Gasteiger partial charge < -0.3 is 0 Å². The summed E-state index contributed by atoms with van der Waals surface area (Å²) in [6, 6.07) is 1.36. The van der Waals surface area contributed by atoms with Crippen molar-refractivity contribution >= 4 is 10.1 Å². The van der Waals surface area contributed by atoms with Crippen LogP contribution in [0.4, 0.5) is 4.39 Å². The zero-order valence-electron chi connectivity index (χ0n) is 6.90. The van der Waals surface area contributed by atoms with Crippen LogP contribution in [0.25, 0.3) is 0 Å². The molecule has 72 valence electrons. The van der Waals surface area contributed by atoms with E-state index in [1.807, 2.05) is 0 Å². The fraction of sp³-hybridized carbons (Fsp3) is 0.286. The first-order valence-electron chi connectivity index (χ1n) is 3.42. The third-order valence-corrected chi connectivity index (χ3v) is 1.83. The van der Waals surface area contributed by atoms with Gasteiger partial charge in [-0.15, -0.1) is 0 Å². The third-order valence-electron chi connectivity index (χ3n) is 1.28. The summed E-state index contributed by atoms with van der Waals surface area (Å²) in [5.74, 6) is -0.578. The van der Waals surface area contributed by atoms with E-state index < -0.39 is 15.9 Å². The fourth-order valence-electron chi connectivity index (χ4n) is 0.692. The summed E-state index contributed by atoms with van der Waals surface area (Å²) in [6.45, 7) is -0.298. The van der Waals surface area contributed by atoms with Gasteiger partial charge >= 0.3 is 0 Å². The molecular weight excluding hydrogens is 197 g/mol. The number of hydrogen-bond donors (Lipinski definition) is 0. The molecule has 0 aliphatic rings. The summed E-state index contributed by atoms with van der Waals surface area (Å²) < 4.78 is 38.3. The lowest BCUT2D eigenvalue weighted by Crippen LogP contribution is -2.04. The Hall–Kier alpha value is -1.01. The first kappa shape index (κ1) is 10.1. The molecule has 0 saturated heterocycles. The van der Waals surface area contributed by atoms with Gasteiger partial charge in [0.25, 0.3) is 10.1 Å². The van der Waals surface area contributed by atoms with E-state index in [4.69, 9.17) is 0 Å². The van der Waals surface area contributed by atoms with Gasteiger partial charge in [0, 0.05) is 11.8 Å². The molecule has 0 amide bonds. The van der Waals surface area contributed by atoms with Gasteiger partial charge in [-0.25, -0.2) is 4.39 Å². The highest BCUT2D eigenvalue weighted by molar-refractivity contribution is 7.85. The monoisotopic (exact) mass is 205 g/mol. The molecule has 4 nitrogen and oxygen atoms in total. The Labute approximate surface area is 75.5 Å². The summed E-state index contributed by atoms with van der Waals surface area (Å²) in [5, 5.41) is 0. The molecule has 0 aliphatic heterocycles. The summed E-state index contributed by atoms with van der Waals surface area (Å²) in [4.78, 5) is 3.51. The lowest BCUT2D eigenvalue weighted by atomic mass is 10.3. The third kappa shape index (κ3) is 3.47. The van der Waals surface area contributed by atoms with E-state index in [-0.39, 0.29) is 12.2 Å². The molecule has 0 N–H and O–H groups in total. The molecule has 0 radical (unpaired) electrons. The Morgan fingerprint density at radius 1 is 1.62 bits per heavy atom. The van der Waals surface area contributed by atoms with Crippen LogP contribution in [0.1, 0.15) is 5.56 Å². The Balaban J connectivity index is 2.71. The highest BCUT2D eigenvalue weighted by Crippen LogP contribution is 2.06. The first-order chi connectivity index (χ1) is 5.99. The first-order valence-corrected chi connectivity index (χ1v) is 5.23. The van der Waals surface area contributed by atoms with Crippen LogP contribution >= 0.6 is 0 Å². The Kier molecular flexibility index (Phi) is 2.94. The molecule has 1 aromatic heterocycles. The number of rotatable bonds is 3. The van der Waals surface area contributed by atoms with Crippen LogP contribution in [0, 0.1) is 5.82 Å². The highest BCUT2D eigenvalue weighted by atomic mass is 32.2. The van der Waals surface area contributed by atoms with Gasteiger partial charge in [-0.1, -0.05) is 0 Å². The molecule has 0 bridgehead atoms. The van der Waals surface area contributed by atoms with E-state index in [1.54, 1.807) is 0 Å². The Morgan fingerprint density at radius 3 is 2.85 bits per heavy atom. The van der Waals surface area contributed by atoms with Crippen molar-refractivity contribution in [1.82, 2.24) is 4.98 Å². The normalized spacial score (nSPS) is 11.5. The van der Waals surface area contributed by atoms with Crippen molar-refractivity contribution in [2.75, 3.05) is 6.26 Å².